The van der Waals surface area contributed by atoms with Gasteiger partial charge in [-0.1, -0.05) is 12.1 Å². The van der Waals surface area contributed by atoms with E-state index in [0.29, 0.717) is 6.61 Å². The van der Waals surface area contributed by atoms with E-state index in [-0.39, 0.29) is 5.82 Å². The third-order valence-electron chi connectivity index (χ3n) is 3.30. The van der Waals surface area contributed by atoms with E-state index in [0.717, 1.165) is 26.8 Å². The first-order valence-corrected chi connectivity index (χ1v) is 7.03. The Hall–Kier alpha value is -1.65. The van der Waals surface area contributed by atoms with Crippen LogP contribution in [0.2, 0.25) is 0 Å². The van der Waals surface area contributed by atoms with Gasteiger partial charge < -0.3 is 9.14 Å². The topological polar surface area (TPSA) is 13.6 Å². The highest BCUT2D eigenvalue weighted by atomic mass is 79.9. The molecule has 0 bridgehead atoms. The van der Waals surface area contributed by atoms with Crippen LogP contribution in [0.25, 0.3) is 16.6 Å². The first-order valence-electron chi connectivity index (χ1n) is 6.24. The molecule has 0 saturated carbocycles. The number of methoxy groups -OCH3 is 1. The van der Waals surface area contributed by atoms with Crippen molar-refractivity contribution in [2.75, 3.05) is 7.11 Å². The van der Waals surface area contributed by atoms with Gasteiger partial charge in [-0.15, -0.1) is 0 Å². The minimum Gasteiger partial charge on any atom is -0.378 e. The van der Waals surface area contributed by atoms with Crippen LogP contribution >= 0.6 is 15.9 Å². The Morgan fingerprint density at radius 1 is 1.20 bits per heavy atom. The maximum absolute atomic E-state index is 13.1. The van der Waals surface area contributed by atoms with Crippen LogP contribution in [0.15, 0.2) is 53.1 Å². The molecule has 4 heteroatoms. The third-order valence-corrected chi connectivity index (χ3v) is 3.97. The van der Waals surface area contributed by atoms with Crippen LogP contribution in [0, 0.1) is 5.82 Å². The van der Waals surface area contributed by atoms with Crippen molar-refractivity contribution in [1.29, 1.82) is 0 Å². The summed E-state index contributed by atoms with van der Waals surface area (Å²) in [5.41, 5.74) is 4.15. The number of hydrogen-bond donors (Lipinski definition) is 0. The Morgan fingerprint density at radius 3 is 2.65 bits per heavy atom. The summed E-state index contributed by atoms with van der Waals surface area (Å²) in [5, 5.41) is 0. The fraction of sp³-hybridized carbons (Fsp3) is 0.125. The van der Waals surface area contributed by atoms with Crippen molar-refractivity contribution in [2.45, 2.75) is 6.61 Å². The minimum atomic E-state index is -0.230. The van der Waals surface area contributed by atoms with Crippen LogP contribution in [-0.2, 0) is 11.3 Å². The second-order valence-corrected chi connectivity index (χ2v) is 5.41. The Morgan fingerprint density at radius 2 is 1.95 bits per heavy atom. The van der Waals surface area contributed by atoms with E-state index in [1.54, 1.807) is 19.2 Å². The van der Waals surface area contributed by atoms with Crippen LogP contribution in [0.5, 0.6) is 0 Å². The summed E-state index contributed by atoms with van der Waals surface area (Å²) in [5.74, 6) is -0.230. The summed E-state index contributed by atoms with van der Waals surface area (Å²) < 4.78 is 21.5. The lowest BCUT2D eigenvalue weighted by molar-refractivity contribution is 0.181. The van der Waals surface area contributed by atoms with Gasteiger partial charge in [0.1, 0.15) is 5.82 Å². The Labute approximate surface area is 124 Å². The SMILES string of the molecule is COCc1c(-c2ccc(F)cc2)cc2c(Br)cccn12. The molecule has 2 aromatic heterocycles. The smallest absolute Gasteiger partial charge is 0.123 e. The third kappa shape index (κ3) is 2.25. The Balaban J connectivity index is 2.26. The normalized spacial score (nSPS) is 11.2. The molecule has 0 saturated heterocycles. The first kappa shape index (κ1) is 13.3. The van der Waals surface area contributed by atoms with Crippen molar-refractivity contribution in [1.82, 2.24) is 4.40 Å². The van der Waals surface area contributed by atoms with Gasteiger partial charge in [-0.25, -0.2) is 4.39 Å². The molecular formula is C16H13BrFNO. The molecular weight excluding hydrogens is 321 g/mol. The number of rotatable bonds is 3. The van der Waals surface area contributed by atoms with Crippen molar-refractivity contribution in [3.05, 3.63) is 64.6 Å². The van der Waals surface area contributed by atoms with Gasteiger partial charge >= 0.3 is 0 Å². The van der Waals surface area contributed by atoms with Crippen molar-refractivity contribution in [3.63, 3.8) is 0 Å². The maximum Gasteiger partial charge on any atom is 0.123 e. The zero-order chi connectivity index (χ0) is 14.1. The van der Waals surface area contributed by atoms with Crippen LogP contribution in [-0.4, -0.2) is 11.5 Å². The number of halogens is 2. The fourth-order valence-corrected chi connectivity index (χ4v) is 2.84. The van der Waals surface area contributed by atoms with Crippen molar-refractivity contribution < 1.29 is 9.13 Å². The van der Waals surface area contributed by atoms with Gasteiger partial charge in [0.2, 0.25) is 0 Å². The van der Waals surface area contributed by atoms with E-state index in [2.05, 4.69) is 26.4 Å². The second-order valence-electron chi connectivity index (χ2n) is 4.56. The van der Waals surface area contributed by atoms with Crippen molar-refractivity contribution in [3.8, 4) is 11.1 Å². The average Bonchev–Trinajstić information content (AvgIpc) is 2.81. The highest BCUT2D eigenvalue weighted by Gasteiger charge is 2.13. The maximum atomic E-state index is 13.1. The van der Waals surface area contributed by atoms with Crippen LogP contribution in [0.4, 0.5) is 4.39 Å². The lowest BCUT2D eigenvalue weighted by atomic mass is 10.1. The number of nitrogens with zero attached hydrogens (tertiary/aromatic N) is 1. The molecule has 102 valence electrons. The van der Waals surface area contributed by atoms with Crippen LogP contribution in [0.1, 0.15) is 5.69 Å². The molecule has 0 amide bonds. The standard InChI is InChI=1S/C16H13BrFNO/c1-20-10-16-13(11-4-6-12(18)7-5-11)9-15-14(17)3-2-8-19(15)16/h2-9H,10H2,1H3. The molecule has 0 N–H and O–H groups in total. The first-order chi connectivity index (χ1) is 9.70. The molecule has 1 aromatic carbocycles. The summed E-state index contributed by atoms with van der Waals surface area (Å²) >= 11 is 3.56. The Bertz CT molecular complexity index is 749. The van der Waals surface area contributed by atoms with E-state index >= 15 is 0 Å². The van der Waals surface area contributed by atoms with E-state index < -0.39 is 0 Å². The number of pyridine rings is 1. The van der Waals surface area contributed by atoms with E-state index in [9.17, 15) is 4.39 Å². The van der Waals surface area contributed by atoms with Crippen molar-refractivity contribution in [2.24, 2.45) is 0 Å². The van der Waals surface area contributed by atoms with Gasteiger partial charge in [0.05, 0.1) is 17.8 Å². The quantitative estimate of drug-likeness (QED) is 0.680. The van der Waals surface area contributed by atoms with Crippen LogP contribution in [0.3, 0.4) is 0 Å². The lowest BCUT2D eigenvalue weighted by Gasteiger charge is -2.06. The molecule has 0 aliphatic carbocycles. The molecule has 3 aromatic rings. The molecule has 0 spiro atoms. The molecule has 2 heterocycles. The summed E-state index contributed by atoms with van der Waals surface area (Å²) in [4.78, 5) is 0. The molecule has 0 fully saturated rings. The molecule has 0 aliphatic rings. The number of aromatic nitrogens is 1. The summed E-state index contributed by atoms with van der Waals surface area (Å²) in [6.45, 7) is 0.497. The van der Waals surface area contributed by atoms with Gasteiger partial charge in [0.25, 0.3) is 0 Å². The Kier molecular flexibility index (Phi) is 3.59. The number of fused-ring (bicyclic) bond motifs is 1. The van der Waals surface area contributed by atoms with E-state index in [4.69, 9.17) is 4.74 Å². The largest absolute Gasteiger partial charge is 0.378 e. The van der Waals surface area contributed by atoms with E-state index in [1.807, 2.05) is 18.3 Å². The lowest BCUT2D eigenvalue weighted by Crippen LogP contribution is -1.96. The van der Waals surface area contributed by atoms with E-state index in [1.165, 1.54) is 12.1 Å². The summed E-state index contributed by atoms with van der Waals surface area (Å²) in [6, 6.07) is 12.6. The number of benzene rings is 1. The molecule has 3 rings (SSSR count). The van der Waals surface area contributed by atoms with Gasteiger partial charge in [-0.2, -0.15) is 0 Å². The van der Waals surface area contributed by atoms with Crippen LogP contribution < -0.4 is 0 Å². The molecule has 0 unspecified atom stereocenters. The van der Waals surface area contributed by atoms with Gasteiger partial charge in [-0.3, -0.25) is 0 Å². The minimum absolute atomic E-state index is 0.230. The predicted octanol–water partition coefficient (Wildman–Crippen LogP) is 4.65. The predicted molar refractivity (Wildman–Crippen MR) is 81.2 cm³/mol. The van der Waals surface area contributed by atoms with Gasteiger partial charge in [0, 0.05) is 23.3 Å². The number of ether oxygens (including phenoxy) is 1. The highest BCUT2D eigenvalue weighted by Crippen LogP contribution is 2.31. The average molecular weight is 334 g/mol. The molecule has 0 aliphatic heterocycles. The summed E-state index contributed by atoms with van der Waals surface area (Å²) in [6.07, 6.45) is 2.00. The molecule has 20 heavy (non-hydrogen) atoms. The summed E-state index contributed by atoms with van der Waals surface area (Å²) in [7, 11) is 1.67. The molecule has 0 radical (unpaired) electrons. The fourth-order valence-electron chi connectivity index (χ4n) is 2.38. The zero-order valence-electron chi connectivity index (χ0n) is 10.9. The van der Waals surface area contributed by atoms with Gasteiger partial charge in [-0.05, 0) is 51.8 Å². The number of hydrogen-bond acceptors (Lipinski definition) is 1. The monoisotopic (exact) mass is 333 g/mol. The van der Waals surface area contributed by atoms with Gasteiger partial charge in [0.15, 0.2) is 0 Å². The van der Waals surface area contributed by atoms with Crippen molar-refractivity contribution >= 4 is 21.4 Å². The highest BCUT2D eigenvalue weighted by molar-refractivity contribution is 9.10. The second kappa shape index (κ2) is 5.38. The molecule has 0 atom stereocenters. The molecule has 2 nitrogen and oxygen atoms in total. The zero-order valence-corrected chi connectivity index (χ0v) is 12.5.